The van der Waals surface area contributed by atoms with Crippen LogP contribution in [0.15, 0.2) is 0 Å². The maximum Gasteiger partial charge on any atom is 0.306 e. The molecule has 0 spiro atoms. The number of ether oxygens (including phenoxy) is 2. The van der Waals surface area contributed by atoms with E-state index in [4.69, 9.17) is 9.47 Å². The molecule has 1 aliphatic rings. The molecule has 0 N–H and O–H groups in total. The highest BCUT2D eigenvalue weighted by Crippen LogP contribution is 2.07. The maximum atomic E-state index is 11.6. The molecule has 1 saturated heterocycles. The van der Waals surface area contributed by atoms with Gasteiger partial charge < -0.3 is 14.4 Å². The molecule has 5 heteroatoms. The number of esters is 1. The maximum absolute atomic E-state index is 11.6. The van der Waals surface area contributed by atoms with Gasteiger partial charge in [0.05, 0.1) is 0 Å². The lowest BCUT2D eigenvalue weighted by molar-refractivity contribution is -0.151. The number of nitrogens with zero attached hydrogens (tertiary/aromatic N) is 1. The summed E-state index contributed by atoms with van der Waals surface area (Å²) in [6.07, 6.45) is 3.06. The Hall–Kier alpha value is -1.10. The van der Waals surface area contributed by atoms with E-state index < -0.39 is 0 Å². The molecule has 0 atom stereocenters. The van der Waals surface area contributed by atoms with Crippen LogP contribution in [0.2, 0.25) is 0 Å². The molecule has 17 heavy (non-hydrogen) atoms. The molecular weight excluding hydrogens is 222 g/mol. The Bertz CT molecular complexity index is 249. The molecule has 0 aliphatic carbocycles. The summed E-state index contributed by atoms with van der Waals surface area (Å²) in [5.74, 6) is -0.405. The Morgan fingerprint density at radius 2 is 1.94 bits per heavy atom. The summed E-state index contributed by atoms with van der Waals surface area (Å²) in [5, 5.41) is 0. The summed E-state index contributed by atoms with van der Waals surface area (Å²) in [5.41, 5.74) is 0. The Morgan fingerprint density at radius 1 is 1.24 bits per heavy atom. The summed E-state index contributed by atoms with van der Waals surface area (Å²) in [6, 6.07) is 0. The van der Waals surface area contributed by atoms with Gasteiger partial charge in [-0.05, 0) is 26.2 Å². The number of hydrogen-bond donors (Lipinski definition) is 0. The number of likely N-dealkylation sites (tertiary alicyclic amines) is 1. The minimum Gasteiger partial charge on any atom is -0.456 e. The van der Waals surface area contributed by atoms with Crippen molar-refractivity contribution in [2.24, 2.45) is 0 Å². The van der Waals surface area contributed by atoms with Gasteiger partial charge in [-0.1, -0.05) is 0 Å². The van der Waals surface area contributed by atoms with Crippen LogP contribution in [0.25, 0.3) is 0 Å². The highest BCUT2D eigenvalue weighted by atomic mass is 16.5. The smallest absolute Gasteiger partial charge is 0.306 e. The first-order valence-electron chi connectivity index (χ1n) is 6.25. The van der Waals surface area contributed by atoms with Gasteiger partial charge in [0.15, 0.2) is 6.61 Å². The molecule has 1 heterocycles. The molecule has 1 aliphatic heterocycles. The van der Waals surface area contributed by atoms with Crippen LogP contribution in [0.5, 0.6) is 0 Å². The Balaban J connectivity index is 2.04. The fourth-order valence-electron chi connectivity index (χ4n) is 1.74. The molecule has 5 nitrogen and oxygen atoms in total. The molecule has 1 rings (SSSR count). The molecule has 0 aromatic heterocycles. The van der Waals surface area contributed by atoms with E-state index in [2.05, 4.69) is 0 Å². The van der Waals surface area contributed by atoms with E-state index in [1.165, 1.54) is 0 Å². The summed E-state index contributed by atoms with van der Waals surface area (Å²) in [4.78, 5) is 24.6. The van der Waals surface area contributed by atoms with Gasteiger partial charge in [0.2, 0.25) is 0 Å². The number of carbonyl (C=O) groups is 2. The average molecular weight is 243 g/mol. The zero-order valence-electron chi connectivity index (χ0n) is 10.4. The van der Waals surface area contributed by atoms with E-state index in [1.54, 1.807) is 4.90 Å². The van der Waals surface area contributed by atoms with Crippen molar-refractivity contribution >= 4 is 11.9 Å². The van der Waals surface area contributed by atoms with Crippen LogP contribution < -0.4 is 0 Å². The van der Waals surface area contributed by atoms with Gasteiger partial charge in [-0.25, -0.2) is 0 Å². The number of carbonyl (C=O) groups excluding carboxylic acids is 2. The van der Waals surface area contributed by atoms with E-state index in [-0.39, 0.29) is 18.5 Å². The molecule has 98 valence electrons. The van der Waals surface area contributed by atoms with Gasteiger partial charge >= 0.3 is 5.97 Å². The van der Waals surface area contributed by atoms with E-state index in [0.29, 0.717) is 26.1 Å². The average Bonchev–Trinajstić information content (AvgIpc) is 2.85. The molecule has 0 saturated carbocycles. The van der Waals surface area contributed by atoms with Gasteiger partial charge in [0.25, 0.3) is 5.91 Å². The van der Waals surface area contributed by atoms with E-state index in [9.17, 15) is 9.59 Å². The molecule has 0 aromatic carbocycles. The molecular formula is C12H21NO4. The Kier molecular flexibility index (Phi) is 6.62. The molecule has 1 amide bonds. The summed E-state index contributed by atoms with van der Waals surface area (Å²) >= 11 is 0. The Labute approximate surface area is 102 Å². The lowest BCUT2D eigenvalue weighted by Gasteiger charge is -2.14. The van der Waals surface area contributed by atoms with Crippen LogP contribution in [0.3, 0.4) is 0 Å². The molecule has 0 aromatic rings. The van der Waals surface area contributed by atoms with Crippen molar-refractivity contribution in [1.29, 1.82) is 0 Å². The topological polar surface area (TPSA) is 55.8 Å². The second-order valence-corrected chi connectivity index (χ2v) is 4.05. The molecule has 0 radical (unpaired) electrons. The first kappa shape index (κ1) is 14.0. The van der Waals surface area contributed by atoms with Crippen molar-refractivity contribution in [3.63, 3.8) is 0 Å². The van der Waals surface area contributed by atoms with Crippen molar-refractivity contribution in [2.45, 2.75) is 32.6 Å². The second kappa shape index (κ2) is 8.06. The Morgan fingerprint density at radius 3 is 2.59 bits per heavy atom. The zero-order chi connectivity index (χ0) is 12.5. The first-order chi connectivity index (χ1) is 8.24. The van der Waals surface area contributed by atoms with Crippen LogP contribution >= 0.6 is 0 Å². The largest absolute Gasteiger partial charge is 0.456 e. The third-order valence-corrected chi connectivity index (χ3v) is 2.69. The minimum atomic E-state index is -0.322. The van der Waals surface area contributed by atoms with Gasteiger partial charge in [-0.15, -0.1) is 0 Å². The number of amides is 1. The van der Waals surface area contributed by atoms with Gasteiger partial charge in [-0.2, -0.15) is 0 Å². The minimum absolute atomic E-state index is 0.0827. The van der Waals surface area contributed by atoms with E-state index >= 15 is 0 Å². The summed E-state index contributed by atoms with van der Waals surface area (Å²) in [6.45, 7) is 4.59. The van der Waals surface area contributed by atoms with Crippen molar-refractivity contribution in [1.82, 2.24) is 4.90 Å². The van der Waals surface area contributed by atoms with E-state index in [0.717, 1.165) is 25.9 Å². The second-order valence-electron chi connectivity index (χ2n) is 4.05. The SMILES string of the molecule is CCOCCCC(=O)OCC(=O)N1CCCC1. The van der Waals surface area contributed by atoms with Crippen molar-refractivity contribution < 1.29 is 19.1 Å². The van der Waals surface area contributed by atoms with Gasteiger partial charge in [0.1, 0.15) is 0 Å². The van der Waals surface area contributed by atoms with Crippen molar-refractivity contribution in [2.75, 3.05) is 32.9 Å². The fraction of sp³-hybridized carbons (Fsp3) is 0.833. The van der Waals surface area contributed by atoms with Crippen LogP contribution in [-0.4, -0.2) is 49.7 Å². The highest BCUT2D eigenvalue weighted by Gasteiger charge is 2.18. The fourth-order valence-corrected chi connectivity index (χ4v) is 1.74. The van der Waals surface area contributed by atoms with Crippen molar-refractivity contribution in [3.8, 4) is 0 Å². The third kappa shape index (κ3) is 5.68. The zero-order valence-corrected chi connectivity index (χ0v) is 10.4. The lowest BCUT2D eigenvalue weighted by Crippen LogP contribution is -2.32. The molecule has 0 bridgehead atoms. The predicted molar refractivity (Wildman–Crippen MR) is 62.5 cm³/mol. The number of rotatable bonds is 7. The normalized spacial score (nSPS) is 15.0. The molecule has 0 unspecified atom stereocenters. The van der Waals surface area contributed by atoms with Crippen LogP contribution in [0, 0.1) is 0 Å². The standard InChI is InChI=1S/C12H21NO4/c1-2-16-9-5-6-12(15)17-10-11(14)13-7-3-4-8-13/h2-10H2,1H3. The highest BCUT2D eigenvalue weighted by molar-refractivity contribution is 5.80. The van der Waals surface area contributed by atoms with Crippen LogP contribution in [0.4, 0.5) is 0 Å². The first-order valence-corrected chi connectivity index (χ1v) is 6.25. The lowest BCUT2D eigenvalue weighted by atomic mass is 10.3. The summed E-state index contributed by atoms with van der Waals surface area (Å²) < 4.78 is 10.0. The molecule has 1 fully saturated rings. The van der Waals surface area contributed by atoms with Crippen LogP contribution in [0.1, 0.15) is 32.6 Å². The van der Waals surface area contributed by atoms with Crippen LogP contribution in [-0.2, 0) is 19.1 Å². The van der Waals surface area contributed by atoms with E-state index in [1.807, 2.05) is 6.92 Å². The van der Waals surface area contributed by atoms with Gasteiger partial charge in [-0.3, -0.25) is 9.59 Å². The summed E-state index contributed by atoms with van der Waals surface area (Å²) in [7, 11) is 0. The quantitative estimate of drug-likeness (QED) is 0.494. The van der Waals surface area contributed by atoms with Crippen molar-refractivity contribution in [3.05, 3.63) is 0 Å². The predicted octanol–water partition coefficient (Wildman–Crippen LogP) is 0.969. The number of hydrogen-bond acceptors (Lipinski definition) is 4. The monoisotopic (exact) mass is 243 g/mol. The third-order valence-electron chi connectivity index (χ3n) is 2.69. The van der Waals surface area contributed by atoms with Gasteiger partial charge in [0, 0.05) is 32.7 Å².